The average Bonchev–Trinajstić information content (AvgIpc) is 3.78. The molecule has 12 nitrogen and oxygen atoms in total. The lowest BCUT2D eigenvalue weighted by molar-refractivity contribution is -0.137. The van der Waals surface area contributed by atoms with Crippen molar-refractivity contribution in [1.82, 2.24) is 34.8 Å². The number of nitrogens with zero attached hydrogens (tertiary/aromatic N) is 7. The topological polar surface area (TPSA) is 162 Å². The van der Waals surface area contributed by atoms with E-state index >= 15 is 0 Å². The third-order valence-corrected chi connectivity index (χ3v) is 8.03. The minimum absolute atomic E-state index is 0.00884. The van der Waals surface area contributed by atoms with Crippen LogP contribution < -0.4 is 11.1 Å². The van der Waals surface area contributed by atoms with Crippen molar-refractivity contribution in [2.75, 3.05) is 11.9 Å². The molecule has 13 heteroatoms. The lowest BCUT2D eigenvalue weighted by atomic mass is 10.0. The summed E-state index contributed by atoms with van der Waals surface area (Å²) in [5.74, 6) is -1.79. The molecule has 0 radical (unpaired) electrons. The van der Waals surface area contributed by atoms with Crippen LogP contribution in [0.4, 0.5) is 10.1 Å². The van der Waals surface area contributed by atoms with Crippen LogP contribution in [0.2, 0.25) is 0 Å². The first-order valence-corrected chi connectivity index (χ1v) is 14.3. The Morgan fingerprint density at radius 3 is 2.73 bits per heavy atom. The summed E-state index contributed by atoms with van der Waals surface area (Å²) < 4.78 is 16.1. The highest BCUT2D eigenvalue weighted by atomic mass is 19.1. The summed E-state index contributed by atoms with van der Waals surface area (Å²) in [6.07, 6.45) is 7.87. The molecule has 224 valence electrons. The number of hydrogen-bond donors (Lipinski definition) is 2. The second-order valence-corrected chi connectivity index (χ2v) is 10.9. The van der Waals surface area contributed by atoms with Gasteiger partial charge in [-0.3, -0.25) is 19.1 Å². The molecule has 2 atom stereocenters. The zero-order valence-electron chi connectivity index (χ0n) is 23.8. The molecule has 1 aliphatic carbocycles. The smallest absolute Gasteiger partial charge is 0.269 e. The quantitative estimate of drug-likeness (QED) is 0.287. The number of primary amides is 1. The highest BCUT2D eigenvalue weighted by molar-refractivity contribution is 6.05. The molecular formula is C32H26FN9O3. The molecule has 0 saturated carbocycles. The molecule has 4 heterocycles. The fourth-order valence-corrected chi connectivity index (χ4v) is 5.91. The van der Waals surface area contributed by atoms with Crippen LogP contribution in [0.15, 0.2) is 73.3 Å². The molecule has 3 N–H and O–H groups in total. The maximum absolute atomic E-state index is 14.7. The Kier molecular flexibility index (Phi) is 7.04. The van der Waals surface area contributed by atoms with Crippen LogP contribution >= 0.6 is 0 Å². The number of fused-ring (bicyclic) bond motifs is 2. The third-order valence-electron chi connectivity index (χ3n) is 8.03. The molecule has 2 aliphatic rings. The van der Waals surface area contributed by atoms with Gasteiger partial charge in [0.15, 0.2) is 5.69 Å². The van der Waals surface area contributed by atoms with E-state index in [1.807, 2.05) is 18.2 Å². The van der Waals surface area contributed by atoms with Crippen molar-refractivity contribution in [3.05, 3.63) is 90.3 Å². The van der Waals surface area contributed by atoms with E-state index in [-0.39, 0.29) is 25.2 Å². The maximum Gasteiger partial charge on any atom is 0.269 e. The fourth-order valence-electron chi connectivity index (χ4n) is 5.91. The van der Waals surface area contributed by atoms with Crippen molar-refractivity contribution in [2.45, 2.75) is 31.6 Å². The number of hydrogen-bond acceptors (Lipinski definition) is 8. The number of alkyl halides is 1. The second kappa shape index (κ2) is 11.3. The van der Waals surface area contributed by atoms with Gasteiger partial charge in [0.05, 0.1) is 35.8 Å². The van der Waals surface area contributed by atoms with Crippen LogP contribution in [0.1, 0.15) is 28.2 Å². The number of rotatable bonds is 7. The minimum atomic E-state index is -1.38. The molecule has 2 unspecified atom stereocenters. The van der Waals surface area contributed by atoms with E-state index in [0.29, 0.717) is 16.6 Å². The van der Waals surface area contributed by atoms with E-state index < -0.39 is 29.9 Å². The van der Waals surface area contributed by atoms with Crippen LogP contribution in [-0.4, -0.2) is 71.3 Å². The van der Waals surface area contributed by atoms with Gasteiger partial charge >= 0.3 is 0 Å². The highest BCUT2D eigenvalue weighted by Crippen LogP contribution is 2.31. The molecule has 45 heavy (non-hydrogen) atoms. The Hall–Kier alpha value is -5.85. The standard InChI is InChI=1S/C32H26FN9O3/c33-21-13-27(32(45)39-22-4-1-3-19(11-22)29-23-5-2-6-25(23)35-17-36-29)41(15-21)28(43)16-42-26-8-7-18(20-9-10-37-38-14-20)12-24(26)30(40-42)31(34)44/h1-5,7-12,14,17,21,27H,6,13,15-16H2,(H2,34,44)(H,39,45). The van der Waals surface area contributed by atoms with Gasteiger partial charge in [0.2, 0.25) is 11.8 Å². The van der Waals surface area contributed by atoms with Crippen molar-refractivity contribution in [1.29, 1.82) is 0 Å². The molecule has 0 spiro atoms. The lowest BCUT2D eigenvalue weighted by Gasteiger charge is -2.24. The largest absolute Gasteiger partial charge is 0.364 e. The number of carbonyl (C=O) groups is 3. The number of nitrogens with two attached hydrogens (primary N) is 1. The lowest BCUT2D eigenvalue weighted by Crippen LogP contribution is -2.44. The molecule has 5 aromatic rings. The van der Waals surface area contributed by atoms with Crippen molar-refractivity contribution in [2.24, 2.45) is 5.73 Å². The van der Waals surface area contributed by atoms with Gasteiger partial charge in [-0.1, -0.05) is 30.4 Å². The Morgan fingerprint density at radius 1 is 1.02 bits per heavy atom. The van der Waals surface area contributed by atoms with Crippen LogP contribution in [0.5, 0.6) is 0 Å². The number of carbonyl (C=O) groups excluding carboxylic acids is 3. The normalized spacial score (nSPS) is 17.0. The molecule has 7 rings (SSSR count). The van der Waals surface area contributed by atoms with E-state index in [1.165, 1.54) is 15.9 Å². The predicted octanol–water partition coefficient (Wildman–Crippen LogP) is 3.20. The van der Waals surface area contributed by atoms with E-state index in [1.54, 1.807) is 54.9 Å². The Balaban J connectivity index is 1.12. The van der Waals surface area contributed by atoms with Gasteiger partial charge in [-0.2, -0.15) is 15.3 Å². The highest BCUT2D eigenvalue weighted by Gasteiger charge is 2.40. The zero-order valence-corrected chi connectivity index (χ0v) is 23.8. The van der Waals surface area contributed by atoms with E-state index in [2.05, 4.69) is 30.6 Å². The molecule has 3 amide bonds. The number of likely N-dealkylation sites (tertiary alicyclic amines) is 1. The number of benzene rings is 2. The molecule has 0 bridgehead atoms. The number of aromatic nitrogens is 6. The van der Waals surface area contributed by atoms with Crippen molar-refractivity contribution in [3.63, 3.8) is 0 Å². The van der Waals surface area contributed by atoms with Crippen molar-refractivity contribution < 1.29 is 18.8 Å². The predicted molar refractivity (Wildman–Crippen MR) is 163 cm³/mol. The number of halogens is 1. The van der Waals surface area contributed by atoms with Gasteiger partial charge < -0.3 is 16.0 Å². The first-order valence-electron chi connectivity index (χ1n) is 14.3. The average molecular weight is 604 g/mol. The van der Waals surface area contributed by atoms with Crippen molar-refractivity contribution in [3.8, 4) is 22.4 Å². The number of anilines is 1. The first-order chi connectivity index (χ1) is 21.9. The Labute approximate surface area is 255 Å². The van der Waals surface area contributed by atoms with Gasteiger partial charge in [0.1, 0.15) is 25.1 Å². The molecule has 2 aromatic carbocycles. The summed E-state index contributed by atoms with van der Waals surface area (Å²) in [7, 11) is 0. The van der Waals surface area contributed by atoms with Gasteiger partial charge in [-0.15, -0.1) is 0 Å². The summed E-state index contributed by atoms with van der Waals surface area (Å²) in [6, 6.07) is 13.2. The van der Waals surface area contributed by atoms with Crippen LogP contribution in [0.25, 0.3) is 39.4 Å². The molecule has 1 aliphatic heterocycles. The first kappa shape index (κ1) is 28.0. The Bertz CT molecular complexity index is 2010. The summed E-state index contributed by atoms with van der Waals surface area (Å²) >= 11 is 0. The van der Waals surface area contributed by atoms with Crippen LogP contribution in [-0.2, 0) is 22.6 Å². The fraction of sp³-hybridized carbons (Fsp3) is 0.188. The van der Waals surface area contributed by atoms with Gasteiger partial charge in [0, 0.05) is 40.6 Å². The molecule has 1 fully saturated rings. The van der Waals surface area contributed by atoms with E-state index in [9.17, 15) is 18.8 Å². The van der Waals surface area contributed by atoms with Gasteiger partial charge in [0.25, 0.3) is 5.91 Å². The van der Waals surface area contributed by atoms with Crippen LogP contribution in [0.3, 0.4) is 0 Å². The Morgan fingerprint density at radius 2 is 1.91 bits per heavy atom. The van der Waals surface area contributed by atoms with Crippen molar-refractivity contribution >= 4 is 40.4 Å². The number of allylic oxidation sites excluding steroid dienone is 1. The van der Waals surface area contributed by atoms with Gasteiger partial charge in [-0.05, 0) is 35.9 Å². The molecular weight excluding hydrogens is 577 g/mol. The summed E-state index contributed by atoms with van der Waals surface area (Å²) in [6.45, 7) is -0.560. The summed E-state index contributed by atoms with van der Waals surface area (Å²) in [5.41, 5.74) is 11.5. The van der Waals surface area contributed by atoms with Crippen LogP contribution in [0, 0.1) is 0 Å². The molecule has 1 saturated heterocycles. The second-order valence-electron chi connectivity index (χ2n) is 10.9. The zero-order chi connectivity index (χ0) is 31.1. The summed E-state index contributed by atoms with van der Waals surface area (Å²) in [5, 5.41) is 15.3. The van der Waals surface area contributed by atoms with E-state index in [4.69, 9.17) is 5.73 Å². The number of amides is 3. The maximum atomic E-state index is 14.7. The molecule has 3 aromatic heterocycles. The number of nitrogens with one attached hydrogen (secondary N) is 1. The van der Waals surface area contributed by atoms with E-state index in [0.717, 1.165) is 40.1 Å². The summed E-state index contributed by atoms with van der Waals surface area (Å²) in [4.78, 5) is 49.2. The third kappa shape index (κ3) is 5.28. The SMILES string of the molecule is NC(=O)c1nn(CC(=O)N2CC(F)CC2C(=O)Nc2cccc(-c3ncnc4c3C=CC4)c2)c2ccc(-c3ccnnc3)cc12. The minimum Gasteiger partial charge on any atom is -0.364 e. The monoisotopic (exact) mass is 603 g/mol. The van der Waals surface area contributed by atoms with Gasteiger partial charge in [-0.25, -0.2) is 14.4 Å².